The lowest BCUT2D eigenvalue weighted by Gasteiger charge is -2.26. The Morgan fingerprint density at radius 2 is 2.06 bits per heavy atom. The molecule has 0 unspecified atom stereocenters. The normalized spacial score (nSPS) is 20.2. The van der Waals surface area contributed by atoms with Crippen molar-refractivity contribution in [1.29, 1.82) is 0 Å². The summed E-state index contributed by atoms with van der Waals surface area (Å²) < 4.78 is 28.5. The van der Waals surface area contributed by atoms with E-state index in [-0.39, 0.29) is 12.6 Å². The van der Waals surface area contributed by atoms with Crippen LogP contribution in [0.15, 0.2) is 24.3 Å². The Morgan fingerprint density at radius 1 is 1.35 bits per heavy atom. The third-order valence-electron chi connectivity index (χ3n) is 3.16. The average Bonchev–Trinajstić information content (AvgIpc) is 2.75. The van der Waals surface area contributed by atoms with E-state index in [1.54, 1.807) is 0 Å². The van der Waals surface area contributed by atoms with Crippen molar-refractivity contribution in [1.82, 2.24) is 0 Å². The highest BCUT2D eigenvalue weighted by molar-refractivity contribution is 5.49. The van der Waals surface area contributed by atoms with Gasteiger partial charge in [-0.2, -0.15) is 8.78 Å². The van der Waals surface area contributed by atoms with E-state index in [0.29, 0.717) is 0 Å². The van der Waals surface area contributed by atoms with Crippen LogP contribution >= 0.6 is 0 Å². The molecule has 0 aliphatic carbocycles. The smallest absolute Gasteiger partial charge is 0.345 e. The number of ether oxygens (including phenoxy) is 1. The molecule has 0 saturated carbocycles. The molecule has 2 rings (SSSR count). The van der Waals surface area contributed by atoms with Crippen LogP contribution in [0.25, 0.3) is 0 Å². The van der Waals surface area contributed by atoms with Crippen molar-refractivity contribution in [2.45, 2.75) is 32.4 Å². The quantitative estimate of drug-likeness (QED) is 0.802. The third kappa shape index (κ3) is 3.16. The molecule has 1 aliphatic rings. The van der Waals surface area contributed by atoms with Gasteiger partial charge in [0.15, 0.2) is 0 Å². The van der Waals surface area contributed by atoms with Crippen molar-refractivity contribution in [3.63, 3.8) is 0 Å². The van der Waals surface area contributed by atoms with Gasteiger partial charge in [0, 0.05) is 12.2 Å². The second kappa shape index (κ2) is 5.45. The first-order valence-electron chi connectivity index (χ1n) is 5.90. The van der Waals surface area contributed by atoms with Gasteiger partial charge < -0.3 is 9.64 Å². The first-order chi connectivity index (χ1) is 8.16. The van der Waals surface area contributed by atoms with E-state index in [9.17, 15) is 8.78 Å². The summed E-state index contributed by atoms with van der Waals surface area (Å²) in [6.07, 6.45) is 1.95. The molecule has 1 fully saturated rings. The van der Waals surface area contributed by atoms with Gasteiger partial charge in [0.25, 0.3) is 0 Å². The van der Waals surface area contributed by atoms with Crippen LogP contribution in [0.2, 0.25) is 0 Å². The van der Waals surface area contributed by atoms with Crippen LogP contribution in [0.5, 0.6) is 0 Å². The molecule has 0 aromatic heterocycles. The number of halogens is 2. The maximum Gasteiger partial charge on any atom is 0.345 e. The number of benzene rings is 1. The number of nitrogens with zero attached hydrogens (tertiary/aromatic N) is 1. The molecule has 1 aliphatic heterocycles. The zero-order chi connectivity index (χ0) is 12.3. The molecule has 1 saturated heterocycles. The van der Waals surface area contributed by atoms with Crippen LogP contribution in [-0.4, -0.2) is 25.8 Å². The summed E-state index contributed by atoms with van der Waals surface area (Å²) in [6, 6.07) is 8.23. The van der Waals surface area contributed by atoms with E-state index in [4.69, 9.17) is 0 Å². The van der Waals surface area contributed by atoms with Gasteiger partial charge in [0.05, 0.1) is 12.6 Å². The van der Waals surface area contributed by atoms with Gasteiger partial charge in [-0.3, -0.25) is 0 Å². The molecule has 0 bridgehead atoms. The molecular weight excluding hydrogens is 224 g/mol. The van der Waals surface area contributed by atoms with Crippen LogP contribution < -0.4 is 4.90 Å². The van der Waals surface area contributed by atoms with Crippen molar-refractivity contribution in [3.8, 4) is 0 Å². The molecule has 2 nitrogen and oxygen atoms in total. The maximum atomic E-state index is 12.0. The molecule has 4 heteroatoms. The van der Waals surface area contributed by atoms with Gasteiger partial charge in [0.2, 0.25) is 0 Å². The summed E-state index contributed by atoms with van der Waals surface area (Å²) >= 11 is 0. The minimum atomic E-state index is -2.67. The molecule has 1 aromatic rings. The lowest BCUT2D eigenvalue weighted by Crippen LogP contribution is -2.33. The standard InChI is InChI=1S/C13H17F2NO/c1-10-4-6-11(7-5-10)16-8-2-3-12(16)9-17-13(14)15/h4-7,12-13H,2-3,8-9H2,1H3/t12-/m0/s1. The summed E-state index contributed by atoms with van der Waals surface area (Å²) in [5.74, 6) is 0. The lowest BCUT2D eigenvalue weighted by molar-refractivity contribution is -0.131. The van der Waals surface area contributed by atoms with Crippen molar-refractivity contribution in [2.24, 2.45) is 0 Å². The fraction of sp³-hybridized carbons (Fsp3) is 0.538. The van der Waals surface area contributed by atoms with E-state index >= 15 is 0 Å². The highest BCUT2D eigenvalue weighted by atomic mass is 19.3. The number of hydrogen-bond donors (Lipinski definition) is 0. The van der Waals surface area contributed by atoms with Crippen LogP contribution in [-0.2, 0) is 4.74 Å². The molecule has 0 spiro atoms. The topological polar surface area (TPSA) is 12.5 Å². The van der Waals surface area contributed by atoms with Gasteiger partial charge in [-0.15, -0.1) is 0 Å². The van der Waals surface area contributed by atoms with Gasteiger partial charge in [-0.05, 0) is 31.9 Å². The minimum absolute atomic E-state index is 0.0757. The lowest BCUT2D eigenvalue weighted by atomic mass is 10.2. The van der Waals surface area contributed by atoms with Crippen molar-refractivity contribution >= 4 is 5.69 Å². The van der Waals surface area contributed by atoms with Gasteiger partial charge in [-0.1, -0.05) is 17.7 Å². The predicted molar refractivity (Wildman–Crippen MR) is 63.5 cm³/mol. The van der Waals surface area contributed by atoms with Crippen LogP contribution in [0.4, 0.5) is 14.5 Å². The maximum absolute atomic E-state index is 12.0. The number of anilines is 1. The third-order valence-corrected chi connectivity index (χ3v) is 3.16. The van der Waals surface area contributed by atoms with Crippen molar-refractivity contribution in [3.05, 3.63) is 29.8 Å². The van der Waals surface area contributed by atoms with E-state index in [1.165, 1.54) is 5.56 Å². The van der Waals surface area contributed by atoms with Crippen molar-refractivity contribution < 1.29 is 13.5 Å². The Morgan fingerprint density at radius 3 is 2.71 bits per heavy atom. The Hall–Kier alpha value is -1.16. The summed E-state index contributed by atoms with van der Waals surface area (Å²) in [6.45, 7) is 0.382. The van der Waals surface area contributed by atoms with Crippen LogP contribution in [0, 0.1) is 6.92 Å². The molecule has 0 N–H and O–H groups in total. The summed E-state index contributed by atoms with van der Waals surface area (Å²) in [4.78, 5) is 2.15. The zero-order valence-electron chi connectivity index (χ0n) is 9.90. The first-order valence-corrected chi connectivity index (χ1v) is 5.90. The van der Waals surface area contributed by atoms with E-state index in [2.05, 4.69) is 9.64 Å². The number of alkyl halides is 2. The van der Waals surface area contributed by atoms with E-state index in [0.717, 1.165) is 25.1 Å². The molecule has 1 aromatic carbocycles. The van der Waals surface area contributed by atoms with Crippen LogP contribution in [0.3, 0.4) is 0 Å². The van der Waals surface area contributed by atoms with Gasteiger partial charge in [-0.25, -0.2) is 0 Å². The molecule has 1 atom stereocenters. The Kier molecular flexibility index (Phi) is 3.94. The molecule has 17 heavy (non-hydrogen) atoms. The highest BCUT2D eigenvalue weighted by Gasteiger charge is 2.25. The largest absolute Gasteiger partial charge is 0.366 e. The van der Waals surface area contributed by atoms with E-state index in [1.807, 2.05) is 31.2 Å². The van der Waals surface area contributed by atoms with Gasteiger partial charge in [0.1, 0.15) is 0 Å². The summed E-state index contributed by atoms with van der Waals surface area (Å²) in [7, 11) is 0. The van der Waals surface area contributed by atoms with Crippen LogP contribution in [0.1, 0.15) is 18.4 Å². The molecule has 94 valence electrons. The molecular formula is C13H17F2NO. The fourth-order valence-corrected chi connectivity index (χ4v) is 2.27. The summed E-state index contributed by atoms with van der Waals surface area (Å²) in [5.41, 5.74) is 2.30. The number of hydrogen-bond acceptors (Lipinski definition) is 2. The fourth-order valence-electron chi connectivity index (χ4n) is 2.27. The van der Waals surface area contributed by atoms with Gasteiger partial charge >= 0.3 is 6.61 Å². The second-order valence-electron chi connectivity index (χ2n) is 4.42. The Bertz CT molecular complexity index is 353. The summed E-state index contributed by atoms with van der Waals surface area (Å²) in [5, 5.41) is 0. The van der Waals surface area contributed by atoms with E-state index < -0.39 is 6.61 Å². The molecule has 0 amide bonds. The number of rotatable bonds is 4. The highest BCUT2D eigenvalue weighted by Crippen LogP contribution is 2.26. The zero-order valence-corrected chi connectivity index (χ0v) is 9.90. The average molecular weight is 241 g/mol. The van der Waals surface area contributed by atoms with Crippen molar-refractivity contribution in [2.75, 3.05) is 18.1 Å². The SMILES string of the molecule is Cc1ccc(N2CCC[C@H]2COC(F)F)cc1. The Labute approximate surface area is 100 Å². The first kappa shape index (κ1) is 12.3. The minimum Gasteiger partial charge on any atom is -0.366 e. The Balaban J connectivity index is 2.01. The molecule has 0 radical (unpaired) electrons. The number of aryl methyl sites for hydroxylation is 1. The predicted octanol–water partition coefficient (Wildman–Crippen LogP) is 3.20. The second-order valence-corrected chi connectivity index (χ2v) is 4.42. The monoisotopic (exact) mass is 241 g/mol. The molecule has 1 heterocycles.